The third-order valence-corrected chi connectivity index (χ3v) is 4.93. The second-order valence-corrected chi connectivity index (χ2v) is 8.17. The molecular formula is C19H28N2O2. The monoisotopic (exact) mass is 316 g/mol. The van der Waals surface area contributed by atoms with Crippen LogP contribution in [0.4, 0.5) is 5.82 Å². The van der Waals surface area contributed by atoms with E-state index in [2.05, 4.69) is 38.7 Å². The molecule has 2 heterocycles. The van der Waals surface area contributed by atoms with E-state index in [1.807, 2.05) is 4.90 Å². The van der Waals surface area contributed by atoms with Gasteiger partial charge >= 0.3 is 0 Å². The van der Waals surface area contributed by atoms with E-state index in [1.165, 1.54) is 0 Å². The SMILES string of the molecule is CC(C)CCOc1cnc2c(c1)CCC(=O)N2C1CC(C)(C)C1. The van der Waals surface area contributed by atoms with Crippen LogP contribution in [-0.2, 0) is 11.2 Å². The van der Waals surface area contributed by atoms with Crippen LogP contribution in [0.1, 0.15) is 58.9 Å². The van der Waals surface area contributed by atoms with Crippen LogP contribution in [0.3, 0.4) is 0 Å². The number of amides is 1. The Morgan fingerprint density at radius 2 is 2.09 bits per heavy atom. The van der Waals surface area contributed by atoms with Gasteiger partial charge in [-0.3, -0.25) is 9.69 Å². The van der Waals surface area contributed by atoms with Gasteiger partial charge in [-0.05, 0) is 48.6 Å². The van der Waals surface area contributed by atoms with Crippen LogP contribution >= 0.6 is 0 Å². The Morgan fingerprint density at radius 3 is 2.74 bits per heavy atom. The van der Waals surface area contributed by atoms with E-state index in [4.69, 9.17) is 4.74 Å². The van der Waals surface area contributed by atoms with E-state index in [0.717, 1.165) is 49.4 Å². The average Bonchev–Trinajstić information content (AvgIpc) is 2.44. The summed E-state index contributed by atoms with van der Waals surface area (Å²) in [6.07, 6.45) is 6.29. The lowest BCUT2D eigenvalue weighted by Crippen LogP contribution is -2.53. The molecule has 1 aliphatic carbocycles. The molecule has 0 unspecified atom stereocenters. The number of carbonyl (C=O) groups is 1. The maximum atomic E-state index is 12.4. The summed E-state index contributed by atoms with van der Waals surface area (Å²) in [5.41, 5.74) is 1.50. The van der Waals surface area contributed by atoms with Crippen molar-refractivity contribution in [3.8, 4) is 5.75 Å². The van der Waals surface area contributed by atoms with Crippen LogP contribution in [0.25, 0.3) is 0 Å². The van der Waals surface area contributed by atoms with Gasteiger partial charge in [-0.1, -0.05) is 27.7 Å². The first-order valence-electron chi connectivity index (χ1n) is 8.79. The molecular weight excluding hydrogens is 288 g/mol. The first-order chi connectivity index (χ1) is 10.9. The normalized spacial score (nSPS) is 20.4. The molecule has 0 bridgehead atoms. The third kappa shape index (κ3) is 3.51. The minimum atomic E-state index is 0.221. The lowest BCUT2D eigenvalue weighted by atomic mass is 9.67. The van der Waals surface area contributed by atoms with E-state index in [9.17, 15) is 4.79 Å². The fourth-order valence-electron chi connectivity index (χ4n) is 3.63. The number of ether oxygens (including phenoxy) is 1. The van der Waals surface area contributed by atoms with Gasteiger partial charge in [0.05, 0.1) is 12.8 Å². The van der Waals surface area contributed by atoms with Gasteiger partial charge in [0, 0.05) is 12.5 Å². The number of carbonyl (C=O) groups excluding carboxylic acids is 1. The number of rotatable bonds is 5. The number of anilines is 1. The molecule has 1 saturated carbocycles. The highest BCUT2D eigenvalue weighted by molar-refractivity contribution is 5.96. The number of aryl methyl sites for hydroxylation is 1. The number of hydrogen-bond acceptors (Lipinski definition) is 3. The summed E-state index contributed by atoms with van der Waals surface area (Å²) in [6, 6.07) is 2.39. The van der Waals surface area contributed by atoms with Crippen molar-refractivity contribution < 1.29 is 9.53 Å². The van der Waals surface area contributed by atoms with Crippen molar-refractivity contribution in [1.29, 1.82) is 0 Å². The zero-order valence-electron chi connectivity index (χ0n) is 14.8. The molecule has 126 valence electrons. The van der Waals surface area contributed by atoms with Crippen molar-refractivity contribution in [2.45, 2.75) is 65.8 Å². The lowest BCUT2D eigenvalue weighted by Gasteiger charge is -2.49. The van der Waals surface area contributed by atoms with Gasteiger partial charge in [-0.2, -0.15) is 0 Å². The fraction of sp³-hybridized carbons (Fsp3) is 0.684. The summed E-state index contributed by atoms with van der Waals surface area (Å²) in [6.45, 7) is 9.63. The van der Waals surface area contributed by atoms with Gasteiger partial charge < -0.3 is 4.74 Å². The lowest BCUT2D eigenvalue weighted by molar-refractivity contribution is -0.120. The molecule has 4 heteroatoms. The number of hydrogen-bond donors (Lipinski definition) is 0. The molecule has 1 fully saturated rings. The molecule has 2 aliphatic rings. The molecule has 1 aromatic heterocycles. The molecule has 23 heavy (non-hydrogen) atoms. The number of aromatic nitrogens is 1. The summed E-state index contributed by atoms with van der Waals surface area (Å²) in [7, 11) is 0. The molecule has 0 radical (unpaired) electrons. The third-order valence-electron chi connectivity index (χ3n) is 4.93. The second-order valence-electron chi connectivity index (χ2n) is 8.17. The maximum Gasteiger partial charge on any atom is 0.228 e. The first kappa shape index (κ1) is 16.3. The Labute approximate surface area is 139 Å². The zero-order valence-corrected chi connectivity index (χ0v) is 14.8. The Morgan fingerprint density at radius 1 is 1.35 bits per heavy atom. The van der Waals surface area contributed by atoms with E-state index in [0.29, 0.717) is 23.8 Å². The topological polar surface area (TPSA) is 42.4 Å². The highest BCUT2D eigenvalue weighted by Crippen LogP contribution is 2.45. The van der Waals surface area contributed by atoms with Crippen LogP contribution < -0.4 is 9.64 Å². The van der Waals surface area contributed by atoms with Gasteiger partial charge in [-0.15, -0.1) is 0 Å². The zero-order chi connectivity index (χ0) is 16.6. The van der Waals surface area contributed by atoms with E-state index < -0.39 is 0 Å². The van der Waals surface area contributed by atoms with Crippen molar-refractivity contribution in [2.24, 2.45) is 11.3 Å². The van der Waals surface area contributed by atoms with Gasteiger partial charge in [0.2, 0.25) is 5.91 Å². The first-order valence-corrected chi connectivity index (χ1v) is 8.79. The van der Waals surface area contributed by atoms with Gasteiger partial charge in [-0.25, -0.2) is 4.98 Å². The largest absolute Gasteiger partial charge is 0.492 e. The molecule has 3 rings (SSSR count). The van der Waals surface area contributed by atoms with Crippen LogP contribution in [0.2, 0.25) is 0 Å². The standard InChI is InChI=1S/C19H28N2O2/c1-13(2)7-8-23-16-9-14-5-6-17(22)21(18(14)20-12-16)15-10-19(3,4)11-15/h9,12-13,15H,5-8,10-11H2,1-4H3. The Kier molecular flexibility index (Phi) is 4.35. The fourth-order valence-corrected chi connectivity index (χ4v) is 3.63. The van der Waals surface area contributed by atoms with Crippen molar-refractivity contribution in [1.82, 2.24) is 4.98 Å². The Balaban J connectivity index is 1.73. The average molecular weight is 316 g/mol. The highest BCUT2D eigenvalue weighted by atomic mass is 16.5. The van der Waals surface area contributed by atoms with Crippen molar-refractivity contribution >= 4 is 11.7 Å². The van der Waals surface area contributed by atoms with Crippen molar-refractivity contribution in [3.63, 3.8) is 0 Å². The van der Waals surface area contributed by atoms with E-state index in [1.54, 1.807) is 6.20 Å². The quantitative estimate of drug-likeness (QED) is 0.825. The predicted octanol–water partition coefficient (Wildman–Crippen LogP) is 3.97. The predicted molar refractivity (Wildman–Crippen MR) is 91.8 cm³/mol. The van der Waals surface area contributed by atoms with Crippen molar-refractivity contribution in [3.05, 3.63) is 17.8 Å². The van der Waals surface area contributed by atoms with Crippen LogP contribution in [-0.4, -0.2) is 23.5 Å². The molecule has 4 nitrogen and oxygen atoms in total. The minimum absolute atomic E-state index is 0.221. The summed E-state index contributed by atoms with van der Waals surface area (Å²) < 4.78 is 5.81. The molecule has 0 atom stereocenters. The minimum Gasteiger partial charge on any atom is -0.492 e. The molecule has 1 amide bonds. The Hall–Kier alpha value is -1.58. The van der Waals surface area contributed by atoms with Gasteiger partial charge in [0.1, 0.15) is 11.6 Å². The smallest absolute Gasteiger partial charge is 0.228 e. The highest BCUT2D eigenvalue weighted by Gasteiger charge is 2.43. The number of fused-ring (bicyclic) bond motifs is 1. The summed E-state index contributed by atoms with van der Waals surface area (Å²) in [5, 5.41) is 0. The van der Waals surface area contributed by atoms with Gasteiger partial charge in [0.25, 0.3) is 0 Å². The van der Waals surface area contributed by atoms with Crippen LogP contribution in [0.5, 0.6) is 5.75 Å². The Bertz CT molecular complexity index is 587. The van der Waals surface area contributed by atoms with Gasteiger partial charge in [0.15, 0.2) is 0 Å². The molecule has 1 aromatic rings. The number of nitrogens with zero attached hydrogens (tertiary/aromatic N) is 2. The molecule has 0 N–H and O–H groups in total. The number of pyridine rings is 1. The second kappa shape index (κ2) is 6.14. The van der Waals surface area contributed by atoms with Crippen LogP contribution in [0, 0.1) is 11.3 Å². The molecule has 0 spiro atoms. The van der Waals surface area contributed by atoms with Crippen molar-refractivity contribution in [2.75, 3.05) is 11.5 Å². The molecule has 0 aromatic carbocycles. The molecule has 1 aliphatic heterocycles. The van der Waals surface area contributed by atoms with Crippen LogP contribution in [0.15, 0.2) is 12.3 Å². The summed E-state index contributed by atoms with van der Waals surface area (Å²) in [5.74, 6) is 2.54. The molecule has 0 saturated heterocycles. The maximum absolute atomic E-state index is 12.4. The van der Waals surface area contributed by atoms with E-state index >= 15 is 0 Å². The van der Waals surface area contributed by atoms with E-state index in [-0.39, 0.29) is 5.91 Å². The summed E-state index contributed by atoms with van der Waals surface area (Å²) in [4.78, 5) is 18.9. The summed E-state index contributed by atoms with van der Waals surface area (Å²) >= 11 is 0.